The molecule has 0 radical (unpaired) electrons. The predicted molar refractivity (Wildman–Crippen MR) is 73.4 cm³/mol. The van der Waals surface area contributed by atoms with E-state index in [1.807, 2.05) is 0 Å². The molecule has 0 aliphatic carbocycles. The van der Waals surface area contributed by atoms with E-state index in [9.17, 15) is 0 Å². The van der Waals surface area contributed by atoms with Crippen LogP contribution in [0, 0.1) is 0 Å². The third kappa shape index (κ3) is 3.55. The van der Waals surface area contributed by atoms with Crippen molar-refractivity contribution in [3.63, 3.8) is 0 Å². The highest BCUT2D eigenvalue weighted by Crippen LogP contribution is 2.26. The number of nitrogens with zero attached hydrogens (tertiary/aromatic N) is 1. The molecule has 2 nitrogen and oxygen atoms in total. The van der Waals surface area contributed by atoms with E-state index in [0.29, 0.717) is 0 Å². The summed E-state index contributed by atoms with van der Waals surface area (Å²) in [6.07, 6.45) is 1.23. The smallest absolute Gasteiger partial charge is 0.0107 e. The van der Waals surface area contributed by atoms with Gasteiger partial charge >= 0.3 is 0 Å². The van der Waals surface area contributed by atoms with Crippen LogP contribution in [0.2, 0.25) is 0 Å². The van der Waals surface area contributed by atoms with E-state index in [4.69, 9.17) is 0 Å². The first-order chi connectivity index (χ1) is 8.18. The van der Waals surface area contributed by atoms with E-state index < -0.39 is 0 Å². The lowest BCUT2D eigenvalue weighted by Gasteiger charge is -2.32. The second-order valence-corrected chi connectivity index (χ2v) is 5.59. The van der Waals surface area contributed by atoms with Crippen molar-refractivity contribution in [3.8, 4) is 0 Å². The number of hydrogen-bond donors (Lipinski definition) is 1. The third-order valence-corrected chi connectivity index (χ3v) is 3.82. The molecule has 0 amide bonds. The maximum atomic E-state index is 3.40. The van der Waals surface area contributed by atoms with E-state index in [1.54, 1.807) is 0 Å². The molecule has 0 aromatic heterocycles. The summed E-state index contributed by atoms with van der Waals surface area (Å²) in [6.45, 7) is 10.6. The van der Waals surface area contributed by atoms with Crippen LogP contribution in [-0.2, 0) is 5.41 Å². The molecule has 2 rings (SSSR count). The van der Waals surface area contributed by atoms with Crippen LogP contribution in [0.1, 0.15) is 25.8 Å². The molecule has 1 heterocycles. The van der Waals surface area contributed by atoms with Gasteiger partial charge in [0, 0.05) is 26.2 Å². The summed E-state index contributed by atoms with van der Waals surface area (Å²) >= 11 is 0. The number of nitrogens with one attached hydrogen (secondary N) is 1. The van der Waals surface area contributed by atoms with Crippen molar-refractivity contribution in [1.82, 2.24) is 10.2 Å². The monoisotopic (exact) mass is 232 g/mol. The minimum Gasteiger partial charge on any atom is -0.314 e. The first-order valence-corrected chi connectivity index (χ1v) is 6.67. The normalized spacial score (nSPS) is 18.2. The lowest BCUT2D eigenvalue weighted by molar-refractivity contribution is 0.221. The standard InChI is InChI=1S/C15H24N2/c1-15(2,14-6-4-3-5-7-14)8-11-17-12-9-16-10-13-17/h3-7,16H,8-13H2,1-2H3. The molecule has 1 aromatic carbocycles. The summed E-state index contributed by atoms with van der Waals surface area (Å²) in [5.41, 5.74) is 1.74. The molecule has 1 aromatic rings. The van der Waals surface area contributed by atoms with Gasteiger partial charge in [-0.2, -0.15) is 0 Å². The van der Waals surface area contributed by atoms with Crippen molar-refractivity contribution in [3.05, 3.63) is 35.9 Å². The molecule has 1 aliphatic heterocycles. The van der Waals surface area contributed by atoms with Crippen molar-refractivity contribution >= 4 is 0 Å². The quantitative estimate of drug-likeness (QED) is 0.856. The first-order valence-electron chi connectivity index (χ1n) is 6.67. The van der Waals surface area contributed by atoms with Gasteiger partial charge < -0.3 is 10.2 Å². The van der Waals surface area contributed by atoms with Crippen molar-refractivity contribution < 1.29 is 0 Å². The van der Waals surface area contributed by atoms with Crippen LogP contribution >= 0.6 is 0 Å². The maximum absolute atomic E-state index is 3.40. The number of piperazine rings is 1. The van der Waals surface area contributed by atoms with Gasteiger partial charge in [0.25, 0.3) is 0 Å². The Morgan fingerprint density at radius 1 is 1.12 bits per heavy atom. The van der Waals surface area contributed by atoms with E-state index in [-0.39, 0.29) is 5.41 Å². The van der Waals surface area contributed by atoms with Crippen LogP contribution < -0.4 is 5.32 Å². The molecule has 94 valence electrons. The van der Waals surface area contributed by atoms with Crippen molar-refractivity contribution in [1.29, 1.82) is 0 Å². The zero-order chi connectivity index (χ0) is 12.1. The van der Waals surface area contributed by atoms with E-state index >= 15 is 0 Å². The van der Waals surface area contributed by atoms with Gasteiger partial charge in [-0.25, -0.2) is 0 Å². The van der Waals surface area contributed by atoms with E-state index in [1.165, 1.54) is 31.6 Å². The number of hydrogen-bond acceptors (Lipinski definition) is 2. The molecule has 17 heavy (non-hydrogen) atoms. The first kappa shape index (κ1) is 12.6. The number of rotatable bonds is 4. The molecule has 1 aliphatic rings. The topological polar surface area (TPSA) is 15.3 Å². The van der Waals surface area contributed by atoms with E-state index in [0.717, 1.165) is 13.1 Å². The predicted octanol–water partition coefficient (Wildman–Crippen LogP) is 2.26. The maximum Gasteiger partial charge on any atom is 0.0107 e. The Bertz CT molecular complexity index is 326. The highest BCUT2D eigenvalue weighted by Gasteiger charge is 2.21. The Morgan fingerprint density at radius 3 is 2.41 bits per heavy atom. The average molecular weight is 232 g/mol. The van der Waals surface area contributed by atoms with E-state index in [2.05, 4.69) is 54.4 Å². The SMILES string of the molecule is CC(C)(CCN1CCNCC1)c1ccccc1. The van der Waals surface area contributed by atoms with Gasteiger partial charge in [0.15, 0.2) is 0 Å². The molecule has 1 N–H and O–H groups in total. The van der Waals surface area contributed by atoms with Crippen LogP contribution in [0.15, 0.2) is 30.3 Å². The summed E-state index contributed by atoms with van der Waals surface area (Å²) in [4.78, 5) is 2.57. The van der Waals surface area contributed by atoms with Crippen molar-refractivity contribution in [2.45, 2.75) is 25.7 Å². The second kappa shape index (κ2) is 5.65. The summed E-state index contributed by atoms with van der Waals surface area (Å²) in [7, 11) is 0. The molecule has 1 fully saturated rings. The Kier molecular flexibility index (Phi) is 4.19. The second-order valence-electron chi connectivity index (χ2n) is 5.59. The Hall–Kier alpha value is -0.860. The van der Waals surface area contributed by atoms with Crippen LogP contribution in [0.5, 0.6) is 0 Å². The largest absolute Gasteiger partial charge is 0.314 e. The molecule has 0 bridgehead atoms. The third-order valence-electron chi connectivity index (χ3n) is 3.82. The Labute approximate surface area is 105 Å². The molecular formula is C15H24N2. The van der Waals surface area contributed by atoms with Gasteiger partial charge in [0.1, 0.15) is 0 Å². The Morgan fingerprint density at radius 2 is 1.76 bits per heavy atom. The lowest BCUT2D eigenvalue weighted by Crippen LogP contribution is -2.44. The molecule has 0 spiro atoms. The van der Waals surface area contributed by atoms with Gasteiger partial charge in [-0.05, 0) is 23.9 Å². The molecule has 2 heteroatoms. The molecule has 0 saturated carbocycles. The van der Waals surface area contributed by atoms with Gasteiger partial charge in [0.2, 0.25) is 0 Å². The molecule has 0 unspecified atom stereocenters. The van der Waals surface area contributed by atoms with Crippen LogP contribution in [0.25, 0.3) is 0 Å². The average Bonchev–Trinajstić information content (AvgIpc) is 2.39. The fourth-order valence-corrected chi connectivity index (χ4v) is 2.41. The molecule has 0 atom stereocenters. The van der Waals surface area contributed by atoms with Crippen molar-refractivity contribution in [2.75, 3.05) is 32.7 Å². The fraction of sp³-hybridized carbons (Fsp3) is 0.600. The fourth-order valence-electron chi connectivity index (χ4n) is 2.41. The van der Waals surface area contributed by atoms with Gasteiger partial charge in [0.05, 0.1) is 0 Å². The number of benzene rings is 1. The highest BCUT2D eigenvalue weighted by molar-refractivity contribution is 5.23. The minimum absolute atomic E-state index is 0.284. The molecular weight excluding hydrogens is 208 g/mol. The van der Waals surface area contributed by atoms with Gasteiger partial charge in [-0.1, -0.05) is 44.2 Å². The Balaban J connectivity index is 1.88. The van der Waals surface area contributed by atoms with Crippen molar-refractivity contribution in [2.24, 2.45) is 0 Å². The summed E-state index contributed by atoms with van der Waals surface area (Å²) in [5, 5.41) is 3.40. The summed E-state index contributed by atoms with van der Waals surface area (Å²) in [5.74, 6) is 0. The molecule has 1 saturated heterocycles. The van der Waals surface area contributed by atoms with Gasteiger partial charge in [-0.3, -0.25) is 0 Å². The minimum atomic E-state index is 0.284. The van der Waals surface area contributed by atoms with Crippen LogP contribution in [-0.4, -0.2) is 37.6 Å². The van der Waals surface area contributed by atoms with Gasteiger partial charge in [-0.15, -0.1) is 0 Å². The van der Waals surface area contributed by atoms with Crippen LogP contribution in [0.3, 0.4) is 0 Å². The lowest BCUT2D eigenvalue weighted by atomic mass is 9.81. The zero-order valence-electron chi connectivity index (χ0n) is 11.1. The van der Waals surface area contributed by atoms with Crippen LogP contribution in [0.4, 0.5) is 0 Å². The summed E-state index contributed by atoms with van der Waals surface area (Å²) in [6, 6.07) is 10.9. The highest BCUT2D eigenvalue weighted by atomic mass is 15.2. The summed E-state index contributed by atoms with van der Waals surface area (Å²) < 4.78 is 0. The zero-order valence-corrected chi connectivity index (χ0v) is 11.1.